The van der Waals surface area contributed by atoms with Gasteiger partial charge in [0.25, 0.3) is 0 Å². The molecule has 194 valence electrons. The zero-order valence-corrected chi connectivity index (χ0v) is 20.2. The molecule has 1 aliphatic rings. The van der Waals surface area contributed by atoms with E-state index < -0.39 is 11.6 Å². The molecule has 1 fully saturated rings. The molecule has 0 spiro atoms. The van der Waals surface area contributed by atoms with E-state index in [1.807, 2.05) is 4.90 Å². The maximum absolute atomic E-state index is 14.5. The number of nitrogens with zero attached hydrogens (tertiary/aromatic N) is 5. The van der Waals surface area contributed by atoms with Crippen molar-refractivity contribution in [1.82, 2.24) is 9.97 Å². The first kappa shape index (κ1) is 25.7. The van der Waals surface area contributed by atoms with E-state index in [0.717, 1.165) is 12.1 Å². The molecule has 0 radical (unpaired) electrons. The van der Waals surface area contributed by atoms with Gasteiger partial charge in [-0.1, -0.05) is 23.4 Å². The molecule has 13 heteroatoms. The summed E-state index contributed by atoms with van der Waals surface area (Å²) < 4.78 is 39.6. The summed E-state index contributed by atoms with van der Waals surface area (Å²) >= 11 is 0. The van der Waals surface area contributed by atoms with E-state index in [1.54, 1.807) is 31.2 Å². The number of anilines is 3. The number of aromatic nitrogens is 2. The maximum atomic E-state index is 14.5. The zero-order valence-electron chi connectivity index (χ0n) is 20.2. The molecule has 2 aromatic carbocycles. The van der Waals surface area contributed by atoms with Crippen molar-refractivity contribution in [1.29, 1.82) is 5.41 Å². The number of benzene rings is 2. The Hall–Kier alpha value is -4.39. The Balaban J connectivity index is 1.62. The Kier molecular flexibility index (Phi) is 8.03. The number of hydrogen-bond donors (Lipinski definition) is 4. The molecule has 1 aliphatic heterocycles. The van der Waals surface area contributed by atoms with Gasteiger partial charge in [0.2, 0.25) is 5.82 Å². The van der Waals surface area contributed by atoms with Gasteiger partial charge in [0, 0.05) is 48.6 Å². The van der Waals surface area contributed by atoms with E-state index in [4.69, 9.17) is 26.5 Å². The number of rotatable bonds is 9. The van der Waals surface area contributed by atoms with Gasteiger partial charge in [0.05, 0.1) is 19.8 Å². The van der Waals surface area contributed by atoms with Crippen molar-refractivity contribution in [3.8, 4) is 5.75 Å². The van der Waals surface area contributed by atoms with Gasteiger partial charge in [-0.15, -0.1) is 5.11 Å². The Morgan fingerprint density at radius 3 is 2.57 bits per heavy atom. The molecule has 3 aromatic rings. The van der Waals surface area contributed by atoms with Crippen LogP contribution in [0.3, 0.4) is 0 Å². The van der Waals surface area contributed by atoms with Crippen LogP contribution in [0.1, 0.15) is 23.9 Å². The SMILES string of the molecule is CCOc1cc(F)c(CNc2ccccc2C(=N)c2nc(N)c(N3CCOCC3)c(N=NN)n2)c(F)c1. The lowest BCUT2D eigenvalue weighted by atomic mass is 10.1. The van der Waals surface area contributed by atoms with E-state index in [1.165, 1.54) is 0 Å². The molecule has 1 aromatic heterocycles. The molecule has 0 unspecified atom stereocenters. The molecule has 1 saturated heterocycles. The number of para-hydroxylation sites is 1. The summed E-state index contributed by atoms with van der Waals surface area (Å²) in [6.07, 6.45) is 0. The summed E-state index contributed by atoms with van der Waals surface area (Å²) in [4.78, 5) is 10.6. The first-order valence-corrected chi connectivity index (χ1v) is 11.6. The third kappa shape index (κ3) is 5.72. The van der Waals surface area contributed by atoms with Crippen LogP contribution in [-0.4, -0.2) is 48.6 Å². The molecule has 4 rings (SSSR count). The second-order valence-electron chi connectivity index (χ2n) is 7.99. The molecular formula is C24H27F2N9O2. The number of ether oxygens (including phenoxy) is 2. The van der Waals surface area contributed by atoms with Crippen LogP contribution < -0.4 is 26.5 Å². The Bertz CT molecular complexity index is 1290. The second-order valence-corrected chi connectivity index (χ2v) is 7.99. The average Bonchev–Trinajstić information content (AvgIpc) is 2.89. The third-order valence-electron chi connectivity index (χ3n) is 5.67. The fourth-order valence-electron chi connectivity index (χ4n) is 3.94. The molecule has 6 N–H and O–H groups in total. The monoisotopic (exact) mass is 511 g/mol. The Labute approximate surface area is 212 Å². The summed E-state index contributed by atoms with van der Waals surface area (Å²) in [6.45, 7) is 3.98. The summed E-state index contributed by atoms with van der Waals surface area (Å²) in [5, 5.41) is 19.0. The fourth-order valence-corrected chi connectivity index (χ4v) is 3.94. The van der Waals surface area contributed by atoms with Crippen molar-refractivity contribution in [3.63, 3.8) is 0 Å². The van der Waals surface area contributed by atoms with Crippen LogP contribution in [0.15, 0.2) is 46.7 Å². The molecule has 37 heavy (non-hydrogen) atoms. The first-order valence-electron chi connectivity index (χ1n) is 11.6. The fraction of sp³-hybridized carbons (Fsp3) is 0.292. The first-order chi connectivity index (χ1) is 17.9. The van der Waals surface area contributed by atoms with E-state index >= 15 is 0 Å². The second kappa shape index (κ2) is 11.6. The smallest absolute Gasteiger partial charge is 0.205 e. The van der Waals surface area contributed by atoms with Crippen LogP contribution in [0.4, 0.5) is 31.8 Å². The van der Waals surface area contributed by atoms with Crippen LogP contribution in [0.25, 0.3) is 0 Å². The van der Waals surface area contributed by atoms with Gasteiger partial charge in [-0.3, -0.25) is 5.41 Å². The number of nitrogens with two attached hydrogens (primary N) is 2. The lowest BCUT2D eigenvalue weighted by molar-refractivity contribution is 0.123. The van der Waals surface area contributed by atoms with Gasteiger partial charge in [0.1, 0.15) is 28.8 Å². The summed E-state index contributed by atoms with van der Waals surface area (Å²) in [7, 11) is 0. The number of hydrogen-bond acceptors (Lipinski definition) is 10. The average molecular weight is 512 g/mol. The molecule has 11 nitrogen and oxygen atoms in total. The minimum atomic E-state index is -0.741. The highest BCUT2D eigenvalue weighted by molar-refractivity contribution is 6.12. The van der Waals surface area contributed by atoms with Crippen LogP contribution in [0.2, 0.25) is 0 Å². The Morgan fingerprint density at radius 2 is 1.89 bits per heavy atom. The highest BCUT2D eigenvalue weighted by Crippen LogP contribution is 2.33. The van der Waals surface area contributed by atoms with Gasteiger partial charge in [-0.05, 0) is 13.0 Å². The predicted molar refractivity (Wildman–Crippen MR) is 135 cm³/mol. The molecule has 2 heterocycles. The van der Waals surface area contributed by atoms with Crippen molar-refractivity contribution in [2.75, 3.05) is 48.9 Å². The molecule has 0 bridgehead atoms. The lowest BCUT2D eigenvalue weighted by Gasteiger charge is -2.29. The van der Waals surface area contributed by atoms with E-state index in [2.05, 4.69) is 25.6 Å². The van der Waals surface area contributed by atoms with E-state index in [0.29, 0.717) is 49.8 Å². The van der Waals surface area contributed by atoms with Crippen molar-refractivity contribution in [2.45, 2.75) is 13.5 Å². The number of nitrogens with one attached hydrogen (secondary N) is 2. The molecular weight excluding hydrogens is 484 g/mol. The van der Waals surface area contributed by atoms with E-state index in [9.17, 15) is 8.78 Å². The quantitative estimate of drug-likeness (QED) is 0.147. The molecule has 0 saturated carbocycles. The summed E-state index contributed by atoms with van der Waals surface area (Å²) in [5.41, 5.74) is 7.31. The van der Waals surface area contributed by atoms with Crippen LogP contribution >= 0.6 is 0 Å². The van der Waals surface area contributed by atoms with Gasteiger partial charge >= 0.3 is 0 Å². The highest BCUT2D eigenvalue weighted by Gasteiger charge is 2.23. The number of nitrogen functional groups attached to an aromatic ring is 1. The normalized spacial score (nSPS) is 13.6. The van der Waals surface area contributed by atoms with Crippen molar-refractivity contribution in [3.05, 3.63) is 65.0 Å². The molecule has 0 amide bonds. The van der Waals surface area contributed by atoms with Crippen LogP contribution in [-0.2, 0) is 11.3 Å². The topological polar surface area (TPSA) is 160 Å². The molecule has 0 atom stereocenters. The predicted octanol–water partition coefficient (Wildman–Crippen LogP) is 3.56. The molecule has 0 aliphatic carbocycles. The zero-order chi connectivity index (χ0) is 26.4. The van der Waals surface area contributed by atoms with Crippen LogP contribution in [0, 0.1) is 17.0 Å². The van der Waals surface area contributed by atoms with Crippen molar-refractivity contribution >= 4 is 28.7 Å². The minimum Gasteiger partial charge on any atom is -0.494 e. The van der Waals surface area contributed by atoms with Crippen molar-refractivity contribution < 1.29 is 18.3 Å². The maximum Gasteiger partial charge on any atom is 0.205 e. The highest BCUT2D eigenvalue weighted by atomic mass is 19.1. The number of halogens is 2. The third-order valence-corrected chi connectivity index (χ3v) is 5.67. The minimum absolute atomic E-state index is 0.00964. The van der Waals surface area contributed by atoms with Gasteiger partial charge in [-0.25, -0.2) is 18.7 Å². The van der Waals surface area contributed by atoms with Gasteiger partial charge in [-0.2, -0.15) is 0 Å². The lowest BCUT2D eigenvalue weighted by Crippen LogP contribution is -2.37. The number of morpholine rings is 1. The van der Waals surface area contributed by atoms with Gasteiger partial charge in [0.15, 0.2) is 11.6 Å². The standard InChI is InChI=1S/C24H27F2N9O2/c1-2-37-14-11-17(25)16(18(26)12-14)13-30-19-6-4-3-5-15(19)20(27)23-31-22(28)21(24(32-23)33-34-29)35-7-9-36-10-8-35/h3-6,11-12,27,30H,2,7-10,13H2,1H3,(H4,28,29,31,32,33). The van der Waals surface area contributed by atoms with E-state index in [-0.39, 0.29) is 41.0 Å². The summed E-state index contributed by atoms with van der Waals surface area (Å²) in [6, 6.07) is 9.07. The van der Waals surface area contributed by atoms with Crippen molar-refractivity contribution in [2.24, 2.45) is 16.2 Å². The Morgan fingerprint density at radius 1 is 1.19 bits per heavy atom. The largest absolute Gasteiger partial charge is 0.494 e. The van der Waals surface area contributed by atoms with Gasteiger partial charge < -0.3 is 31.3 Å². The summed E-state index contributed by atoms with van der Waals surface area (Å²) in [5.74, 6) is 4.16. The van der Waals surface area contributed by atoms with Crippen LogP contribution in [0.5, 0.6) is 5.75 Å².